The van der Waals surface area contributed by atoms with Gasteiger partial charge in [-0.3, -0.25) is 9.13 Å². The number of hydrogen-bond acceptors (Lipinski definition) is 6. The Kier molecular flexibility index (Phi) is 7.13. The summed E-state index contributed by atoms with van der Waals surface area (Å²) in [4.78, 5) is 21.4. The van der Waals surface area contributed by atoms with Gasteiger partial charge < -0.3 is 5.73 Å². The fraction of sp³-hybridized carbons (Fsp3) is 0.350. The molecule has 3 heterocycles. The van der Waals surface area contributed by atoms with Crippen LogP contribution in [0.15, 0.2) is 52.2 Å². The standard InChI is InChI=1S/C20H23FN6O3S.ClH/c1-25-18-17(23-13-24-19(18)27(20(25)28)12-15(21)7-8-22)14-5-4-6-16(11-14)31(29,30)26-9-2-3-10-26;/h4-7,11,13H,2-3,8-10,12,22H2,1H3;1H. The van der Waals surface area contributed by atoms with E-state index in [1.54, 1.807) is 31.3 Å². The summed E-state index contributed by atoms with van der Waals surface area (Å²) in [5, 5.41) is 0. The zero-order valence-corrected chi connectivity index (χ0v) is 19.1. The summed E-state index contributed by atoms with van der Waals surface area (Å²) >= 11 is 0. The molecule has 1 fully saturated rings. The van der Waals surface area contributed by atoms with Crippen LogP contribution in [0, 0.1) is 0 Å². The second-order valence-electron chi connectivity index (χ2n) is 7.35. The normalized spacial score (nSPS) is 15.3. The third kappa shape index (κ3) is 4.20. The minimum absolute atomic E-state index is 0. The van der Waals surface area contributed by atoms with Crippen molar-refractivity contribution in [2.45, 2.75) is 24.3 Å². The molecule has 1 aromatic carbocycles. The summed E-state index contributed by atoms with van der Waals surface area (Å²) in [6.45, 7) is 0.726. The van der Waals surface area contributed by atoms with Crippen molar-refractivity contribution in [3.63, 3.8) is 0 Å². The van der Waals surface area contributed by atoms with Gasteiger partial charge in [0.2, 0.25) is 10.0 Å². The summed E-state index contributed by atoms with van der Waals surface area (Å²) < 4.78 is 44.0. The monoisotopic (exact) mass is 482 g/mol. The number of sulfonamides is 1. The number of hydrogen-bond donors (Lipinski definition) is 1. The first-order valence-corrected chi connectivity index (χ1v) is 11.3. The minimum atomic E-state index is -3.61. The number of nitrogens with zero attached hydrogens (tertiary/aromatic N) is 5. The van der Waals surface area contributed by atoms with E-state index in [1.807, 2.05) is 0 Å². The molecule has 0 radical (unpaired) electrons. The van der Waals surface area contributed by atoms with Crippen molar-refractivity contribution >= 4 is 33.6 Å². The van der Waals surface area contributed by atoms with E-state index < -0.39 is 21.5 Å². The molecule has 0 atom stereocenters. The molecule has 0 bridgehead atoms. The van der Waals surface area contributed by atoms with Crippen LogP contribution in [-0.4, -0.2) is 51.5 Å². The molecule has 0 saturated carbocycles. The third-order valence-electron chi connectivity index (χ3n) is 5.37. The quantitative estimate of drug-likeness (QED) is 0.572. The zero-order valence-electron chi connectivity index (χ0n) is 17.4. The summed E-state index contributed by atoms with van der Waals surface area (Å²) in [6.07, 6.45) is 4.16. The van der Waals surface area contributed by atoms with Gasteiger partial charge in [0.05, 0.1) is 17.1 Å². The van der Waals surface area contributed by atoms with Crippen molar-refractivity contribution in [3.8, 4) is 11.3 Å². The van der Waals surface area contributed by atoms with Crippen LogP contribution < -0.4 is 11.4 Å². The lowest BCUT2D eigenvalue weighted by molar-refractivity contribution is 0.477. The molecular weight excluding hydrogens is 459 g/mol. The fourth-order valence-electron chi connectivity index (χ4n) is 3.82. The fourth-order valence-corrected chi connectivity index (χ4v) is 5.39. The van der Waals surface area contributed by atoms with Crippen LogP contribution in [0.2, 0.25) is 0 Å². The number of benzene rings is 1. The maximum atomic E-state index is 14.1. The molecule has 0 aliphatic carbocycles. The molecule has 32 heavy (non-hydrogen) atoms. The van der Waals surface area contributed by atoms with Gasteiger partial charge >= 0.3 is 5.69 Å². The first kappa shape index (κ1) is 24.1. The lowest BCUT2D eigenvalue weighted by Crippen LogP contribution is -2.27. The van der Waals surface area contributed by atoms with E-state index in [9.17, 15) is 17.6 Å². The highest BCUT2D eigenvalue weighted by Gasteiger charge is 2.28. The molecular formula is C20H24ClFN6O3S. The van der Waals surface area contributed by atoms with Crippen LogP contribution >= 0.6 is 12.4 Å². The van der Waals surface area contributed by atoms with Crippen LogP contribution in [0.5, 0.6) is 0 Å². The molecule has 4 rings (SSSR count). The molecule has 1 saturated heterocycles. The topological polar surface area (TPSA) is 116 Å². The molecule has 0 spiro atoms. The maximum Gasteiger partial charge on any atom is 0.330 e. The van der Waals surface area contributed by atoms with Gasteiger partial charge in [0.15, 0.2) is 5.65 Å². The number of aryl methyl sites for hydroxylation is 1. The van der Waals surface area contributed by atoms with Gasteiger partial charge in [-0.1, -0.05) is 12.1 Å². The average molecular weight is 483 g/mol. The minimum Gasteiger partial charge on any atom is -0.327 e. The van der Waals surface area contributed by atoms with Crippen molar-refractivity contribution in [1.29, 1.82) is 0 Å². The first-order chi connectivity index (χ1) is 14.8. The number of aromatic nitrogens is 4. The van der Waals surface area contributed by atoms with Crippen LogP contribution in [0.1, 0.15) is 12.8 Å². The highest BCUT2D eigenvalue weighted by Crippen LogP contribution is 2.28. The van der Waals surface area contributed by atoms with Gasteiger partial charge in [-0.15, -0.1) is 12.4 Å². The Balaban J connectivity index is 0.00000289. The number of fused-ring (bicyclic) bond motifs is 1. The van der Waals surface area contributed by atoms with E-state index in [1.165, 1.54) is 25.8 Å². The van der Waals surface area contributed by atoms with Gasteiger partial charge in [-0.25, -0.2) is 27.6 Å². The van der Waals surface area contributed by atoms with Crippen LogP contribution in [-0.2, 0) is 23.6 Å². The van der Waals surface area contributed by atoms with Gasteiger partial charge in [0.1, 0.15) is 17.7 Å². The maximum absolute atomic E-state index is 14.1. The first-order valence-electron chi connectivity index (χ1n) is 9.90. The Morgan fingerprint density at radius 2 is 1.97 bits per heavy atom. The van der Waals surface area contributed by atoms with Crippen molar-refractivity contribution in [1.82, 2.24) is 23.4 Å². The van der Waals surface area contributed by atoms with E-state index in [2.05, 4.69) is 9.97 Å². The SMILES string of the molecule is Cl.Cn1c(=O)n(CC(F)=CCN)c2ncnc(-c3cccc(S(=O)(=O)N4CCCC4)c3)c21. The third-order valence-corrected chi connectivity index (χ3v) is 7.27. The smallest absolute Gasteiger partial charge is 0.327 e. The second kappa shape index (κ2) is 9.49. The summed E-state index contributed by atoms with van der Waals surface area (Å²) in [7, 11) is -2.07. The highest BCUT2D eigenvalue weighted by molar-refractivity contribution is 7.89. The second-order valence-corrected chi connectivity index (χ2v) is 9.29. The molecule has 0 unspecified atom stereocenters. The van der Waals surface area contributed by atoms with E-state index in [4.69, 9.17) is 5.73 Å². The van der Waals surface area contributed by atoms with Gasteiger partial charge in [-0.2, -0.15) is 4.31 Å². The van der Waals surface area contributed by atoms with E-state index >= 15 is 0 Å². The van der Waals surface area contributed by atoms with Gasteiger partial charge in [0, 0.05) is 32.2 Å². The Hall–Kier alpha value is -2.60. The summed E-state index contributed by atoms with van der Waals surface area (Å²) in [6, 6.07) is 6.46. The van der Waals surface area contributed by atoms with Crippen molar-refractivity contribution in [2.75, 3.05) is 19.6 Å². The lowest BCUT2D eigenvalue weighted by atomic mass is 10.1. The van der Waals surface area contributed by atoms with E-state index in [0.29, 0.717) is 29.9 Å². The molecule has 12 heteroatoms. The van der Waals surface area contributed by atoms with Crippen molar-refractivity contribution in [2.24, 2.45) is 12.8 Å². The van der Waals surface area contributed by atoms with Crippen LogP contribution in [0.25, 0.3) is 22.4 Å². The number of allylic oxidation sites excluding steroid dienone is 1. The predicted molar refractivity (Wildman–Crippen MR) is 122 cm³/mol. The Labute approximate surface area is 190 Å². The average Bonchev–Trinajstić information content (AvgIpc) is 3.39. The molecule has 2 N–H and O–H groups in total. The molecule has 9 nitrogen and oxygen atoms in total. The highest BCUT2D eigenvalue weighted by atomic mass is 35.5. The number of imidazole rings is 1. The summed E-state index contributed by atoms with van der Waals surface area (Å²) in [5.74, 6) is -0.545. The van der Waals surface area contributed by atoms with Crippen molar-refractivity contribution in [3.05, 3.63) is 53.0 Å². The van der Waals surface area contributed by atoms with E-state index in [-0.39, 0.29) is 36.0 Å². The molecule has 1 aliphatic heterocycles. The number of rotatable bonds is 6. The van der Waals surface area contributed by atoms with E-state index in [0.717, 1.165) is 12.8 Å². The Morgan fingerprint density at radius 1 is 1.25 bits per heavy atom. The summed E-state index contributed by atoms with van der Waals surface area (Å²) in [5.41, 5.74) is 6.45. The van der Waals surface area contributed by atoms with Gasteiger partial charge in [0.25, 0.3) is 0 Å². The number of nitrogens with two attached hydrogens (primary N) is 1. The molecule has 1 aliphatic rings. The largest absolute Gasteiger partial charge is 0.330 e. The predicted octanol–water partition coefficient (Wildman–Crippen LogP) is 1.82. The zero-order chi connectivity index (χ0) is 22.2. The Morgan fingerprint density at radius 3 is 2.66 bits per heavy atom. The molecule has 0 amide bonds. The lowest BCUT2D eigenvalue weighted by Gasteiger charge is -2.16. The van der Waals surface area contributed by atoms with Gasteiger partial charge in [-0.05, 0) is 31.1 Å². The molecule has 3 aromatic rings. The van der Waals surface area contributed by atoms with Crippen LogP contribution in [0.3, 0.4) is 0 Å². The number of halogens is 2. The van der Waals surface area contributed by atoms with Crippen molar-refractivity contribution < 1.29 is 12.8 Å². The Bertz CT molecular complexity index is 1330. The molecule has 172 valence electrons. The molecule has 2 aromatic heterocycles. The van der Waals surface area contributed by atoms with Crippen LogP contribution in [0.4, 0.5) is 4.39 Å².